The van der Waals surface area contributed by atoms with Crippen LogP contribution in [0.1, 0.15) is 5.56 Å². The second-order valence-corrected chi connectivity index (χ2v) is 4.17. The van der Waals surface area contributed by atoms with E-state index in [4.69, 9.17) is 23.2 Å². The maximum absolute atomic E-state index is 11.3. The van der Waals surface area contributed by atoms with Crippen molar-refractivity contribution in [3.8, 4) is 0 Å². The maximum Gasteiger partial charge on any atom is 0.226 e. The number of halogens is 2. The number of amides is 1. The quantitative estimate of drug-likeness (QED) is 0.626. The number of aliphatic hydroxyl groups is 1. The van der Waals surface area contributed by atoms with Crippen LogP contribution in [0.25, 0.3) is 0 Å². The summed E-state index contributed by atoms with van der Waals surface area (Å²) in [5, 5.41) is 11.5. The number of hydrogen-bond donors (Lipinski definition) is 2. The van der Waals surface area contributed by atoms with Gasteiger partial charge in [0.1, 0.15) is 0 Å². The van der Waals surface area contributed by atoms with Gasteiger partial charge in [-0.3, -0.25) is 4.79 Å². The molecule has 1 rings (SSSR count). The van der Waals surface area contributed by atoms with E-state index in [9.17, 15) is 9.90 Å². The lowest BCUT2D eigenvalue weighted by Crippen LogP contribution is -2.39. The van der Waals surface area contributed by atoms with Crippen LogP contribution in [0.4, 0.5) is 0 Å². The van der Waals surface area contributed by atoms with E-state index in [-0.39, 0.29) is 12.3 Å². The second-order valence-electron chi connectivity index (χ2n) is 3.01. The van der Waals surface area contributed by atoms with Crippen molar-refractivity contribution in [3.05, 3.63) is 35.9 Å². The smallest absolute Gasteiger partial charge is 0.226 e. The monoisotopic (exact) mass is 247 g/mol. The van der Waals surface area contributed by atoms with Crippen molar-refractivity contribution < 1.29 is 9.90 Å². The van der Waals surface area contributed by atoms with Crippen LogP contribution in [0.2, 0.25) is 0 Å². The van der Waals surface area contributed by atoms with Gasteiger partial charge in [-0.15, -0.1) is 23.2 Å². The van der Waals surface area contributed by atoms with Gasteiger partial charge in [-0.25, -0.2) is 0 Å². The molecule has 5 heteroatoms. The lowest BCUT2D eigenvalue weighted by Gasteiger charge is -2.13. The molecule has 1 atom stereocenters. The average molecular weight is 248 g/mol. The Labute approximate surface area is 98.0 Å². The van der Waals surface area contributed by atoms with Crippen molar-refractivity contribution in [1.82, 2.24) is 5.32 Å². The van der Waals surface area contributed by atoms with Gasteiger partial charge in [0, 0.05) is 0 Å². The molecule has 0 aromatic heterocycles. The second kappa shape index (κ2) is 5.95. The summed E-state index contributed by atoms with van der Waals surface area (Å²) in [7, 11) is 0. The lowest BCUT2D eigenvalue weighted by atomic mass is 10.1. The van der Waals surface area contributed by atoms with Gasteiger partial charge in [0.15, 0.2) is 11.1 Å². The van der Waals surface area contributed by atoms with E-state index in [0.717, 1.165) is 5.56 Å². The molecule has 0 saturated carbocycles. The molecular weight excluding hydrogens is 237 g/mol. The van der Waals surface area contributed by atoms with Crippen molar-refractivity contribution >= 4 is 29.1 Å². The Morgan fingerprint density at radius 2 is 1.93 bits per heavy atom. The average Bonchev–Trinajstić information content (AvgIpc) is 2.18. The molecule has 0 radical (unpaired) electrons. The number of alkyl halides is 2. The van der Waals surface area contributed by atoms with E-state index >= 15 is 0 Å². The summed E-state index contributed by atoms with van der Waals surface area (Å²) in [5.74, 6) is -0.319. The highest BCUT2D eigenvalue weighted by Gasteiger charge is 2.15. The summed E-state index contributed by atoms with van der Waals surface area (Å²) in [5.41, 5.74) is 0.864. The summed E-state index contributed by atoms with van der Waals surface area (Å²) in [6.45, 7) is 0. The summed E-state index contributed by atoms with van der Waals surface area (Å²) >= 11 is 10.8. The van der Waals surface area contributed by atoms with Crippen LogP contribution in [0, 0.1) is 0 Å². The molecule has 0 aliphatic carbocycles. The molecule has 2 N–H and O–H groups in total. The molecule has 0 aliphatic heterocycles. The van der Waals surface area contributed by atoms with E-state index in [1.807, 2.05) is 30.3 Å². The van der Waals surface area contributed by atoms with Crippen molar-refractivity contribution in [2.24, 2.45) is 0 Å². The van der Waals surface area contributed by atoms with Crippen LogP contribution in [0.5, 0.6) is 0 Å². The highest BCUT2D eigenvalue weighted by atomic mass is 35.5. The summed E-state index contributed by atoms with van der Waals surface area (Å²) < 4.78 is 0. The molecular formula is C10H11Cl2NO2. The first-order valence-corrected chi connectivity index (χ1v) is 5.26. The Kier molecular flexibility index (Phi) is 4.88. The van der Waals surface area contributed by atoms with Crippen molar-refractivity contribution in [3.63, 3.8) is 0 Å². The van der Waals surface area contributed by atoms with E-state index in [0.29, 0.717) is 0 Å². The number of benzene rings is 1. The Bertz CT molecular complexity index is 316. The third-order valence-corrected chi connectivity index (χ3v) is 2.23. The van der Waals surface area contributed by atoms with Crippen LogP contribution in [-0.4, -0.2) is 22.1 Å². The number of nitrogens with one attached hydrogen (secondary N) is 1. The summed E-state index contributed by atoms with van der Waals surface area (Å²) in [6, 6.07) is 9.19. The van der Waals surface area contributed by atoms with Crippen molar-refractivity contribution in [2.45, 2.75) is 17.5 Å². The number of aliphatic hydroxyl groups excluding tert-OH is 1. The van der Waals surface area contributed by atoms with E-state index in [2.05, 4.69) is 5.32 Å². The fourth-order valence-electron chi connectivity index (χ4n) is 1.06. The molecule has 0 bridgehead atoms. The SMILES string of the molecule is O=C(Cc1ccccc1)NC(O)C(Cl)Cl. The third-order valence-electron chi connectivity index (χ3n) is 1.76. The zero-order valence-corrected chi connectivity index (χ0v) is 9.37. The minimum absolute atomic E-state index is 0.193. The Hall–Kier alpha value is -0.770. The molecule has 0 heterocycles. The first-order chi connectivity index (χ1) is 7.09. The maximum atomic E-state index is 11.3. The number of carbonyl (C=O) groups is 1. The minimum Gasteiger partial charge on any atom is -0.371 e. The topological polar surface area (TPSA) is 49.3 Å². The zero-order valence-electron chi connectivity index (χ0n) is 7.86. The summed E-state index contributed by atoms with van der Waals surface area (Å²) in [6.07, 6.45) is -1.04. The number of hydrogen-bond acceptors (Lipinski definition) is 2. The number of rotatable bonds is 4. The molecule has 0 aliphatic rings. The van der Waals surface area contributed by atoms with Gasteiger partial charge in [0.25, 0.3) is 0 Å². The predicted octanol–water partition coefficient (Wildman–Crippen LogP) is 1.47. The molecule has 1 aromatic carbocycles. The van der Waals surface area contributed by atoms with Crippen molar-refractivity contribution in [1.29, 1.82) is 0 Å². The molecule has 82 valence electrons. The molecule has 0 fully saturated rings. The van der Waals surface area contributed by atoms with Crippen LogP contribution in [0.15, 0.2) is 30.3 Å². The van der Waals surface area contributed by atoms with Crippen LogP contribution in [-0.2, 0) is 11.2 Å². The molecule has 1 aromatic rings. The Balaban J connectivity index is 2.43. The molecule has 1 unspecified atom stereocenters. The highest BCUT2D eigenvalue weighted by Crippen LogP contribution is 2.06. The first kappa shape index (κ1) is 12.3. The van der Waals surface area contributed by atoms with E-state index < -0.39 is 11.1 Å². The molecule has 3 nitrogen and oxygen atoms in total. The normalized spacial score (nSPS) is 12.5. The van der Waals surface area contributed by atoms with Gasteiger partial charge < -0.3 is 10.4 Å². The summed E-state index contributed by atoms with van der Waals surface area (Å²) in [4.78, 5) is 10.3. The third kappa shape index (κ3) is 4.51. The fourth-order valence-corrected chi connectivity index (χ4v) is 1.19. The van der Waals surface area contributed by atoms with Crippen LogP contribution >= 0.6 is 23.2 Å². The van der Waals surface area contributed by atoms with Crippen molar-refractivity contribution in [2.75, 3.05) is 0 Å². The van der Waals surface area contributed by atoms with Gasteiger partial charge >= 0.3 is 0 Å². The highest BCUT2D eigenvalue weighted by molar-refractivity contribution is 6.44. The minimum atomic E-state index is -1.23. The first-order valence-electron chi connectivity index (χ1n) is 4.39. The fraction of sp³-hybridized carbons (Fsp3) is 0.300. The van der Waals surface area contributed by atoms with Gasteiger partial charge in [-0.2, -0.15) is 0 Å². The van der Waals surface area contributed by atoms with Gasteiger partial charge in [-0.1, -0.05) is 30.3 Å². The largest absolute Gasteiger partial charge is 0.371 e. The van der Waals surface area contributed by atoms with Gasteiger partial charge in [0.2, 0.25) is 5.91 Å². The Morgan fingerprint density at radius 1 is 1.33 bits per heavy atom. The standard InChI is InChI=1S/C10H11Cl2NO2/c11-9(12)10(15)13-8(14)6-7-4-2-1-3-5-7/h1-5,9-10,15H,6H2,(H,13,14). The van der Waals surface area contributed by atoms with E-state index in [1.54, 1.807) is 0 Å². The van der Waals surface area contributed by atoms with Crippen LogP contribution in [0.3, 0.4) is 0 Å². The van der Waals surface area contributed by atoms with Gasteiger partial charge in [0.05, 0.1) is 6.42 Å². The van der Waals surface area contributed by atoms with Crippen LogP contribution < -0.4 is 5.32 Å². The Morgan fingerprint density at radius 3 is 2.47 bits per heavy atom. The lowest BCUT2D eigenvalue weighted by molar-refractivity contribution is -0.123. The molecule has 1 amide bonds. The molecule has 0 spiro atoms. The molecule has 0 saturated heterocycles. The van der Waals surface area contributed by atoms with Gasteiger partial charge in [-0.05, 0) is 5.56 Å². The predicted molar refractivity (Wildman–Crippen MR) is 59.8 cm³/mol. The zero-order chi connectivity index (χ0) is 11.3. The number of carbonyl (C=O) groups excluding carboxylic acids is 1. The molecule has 15 heavy (non-hydrogen) atoms. The van der Waals surface area contributed by atoms with E-state index in [1.165, 1.54) is 0 Å².